The first-order chi connectivity index (χ1) is 8.81. The Kier molecular flexibility index (Phi) is 4.15. The molecule has 0 aliphatic heterocycles. The molecule has 4 heteroatoms. The Morgan fingerprint density at radius 2 is 2.00 bits per heavy atom. The lowest BCUT2D eigenvalue weighted by Gasteiger charge is -2.07. The Labute approximate surface area is 106 Å². The van der Waals surface area contributed by atoms with Crippen LogP contribution in [0.4, 0.5) is 0 Å². The summed E-state index contributed by atoms with van der Waals surface area (Å²) < 4.78 is 11.0. The minimum atomic E-state index is 0.479. The molecular formula is C14H16N2O2. The highest BCUT2D eigenvalue weighted by molar-refractivity contribution is 5.35. The van der Waals surface area contributed by atoms with E-state index >= 15 is 0 Å². The lowest BCUT2D eigenvalue weighted by Crippen LogP contribution is -1.97. The van der Waals surface area contributed by atoms with Crippen LogP contribution in [0, 0.1) is 0 Å². The normalized spacial score (nSPS) is 10.1. The van der Waals surface area contributed by atoms with E-state index in [1.54, 1.807) is 12.3 Å². The first-order valence-electron chi connectivity index (χ1n) is 5.87. The molecule has 0 unspecified atom stereocenters. The molecule has 18 heavy (non-hydrogen) atoms. The molecule has 0 radical (unpaired) electrons. The average molecular weight is 244 g/mol. The van der Waals surface area contributed by atoms with Crippen LogP contribution < -0.4 is 15.2 Å². The molecule has 0 aliphatic rings. The third-order valence-corrected chi connectivity index (χ3v) is 2.37. The van der Waals surface area contributed by atoms with Crippen molar-refractivity contribution in [1.29, 1.82) is 0 Å². The maximum atomic E-state index is 5.63. The van der Waals surface area contributed by atoms with Gasteiger partial charge in [0.1, 0.15) is 11.5 Å². The molecule has 1 heterocycles. The Balaban J connectivity index is 2.09. The van der Waals surface area contributed by atoms with Crippen LogP contribution in [-0.4, -0.2) is 11.6 Å². The molecule has 2 N–H and O–H groups in total. The van der Waals surface area contributed by atoms with Gasteiger partial charge in [-0.1, -0.05) is 12.1 Å². The third-order valence-electron chi connectivity index (χ3n) is 2.37. The second-order valence-corrected chi connectivity index (χ2v) is 3.72. The van der Waals surface area contributed by atoms with Crippen LogP contribution in [0.1, 0.15) is 12.5 Å². The van der Waals surface area contributed by atoms with Crippen LogP contribution in [0.3, 0.4) is 0 Å². The zero-order valence-corrected chi connectivity index (χ0v) is 10.3. The summed E-state index contributed by atoms with van der Waals surface area (Å²) in [5.74, 6) is 2.03. The van der Waals surface area contributed by atoms with Crippen LogP contribution >= 0.6 is 0 Å². The van der Waals surface area contributed by atoms with Crippen LogP contribution in [0.15, 0.2) is 42.6 Å². The fourth-order valence-electron chi connectivity index (χ4n) is 1.51. The monoisotopic (exact) mass is 244 g/mol. The molecule has 2 aromatic rings. The molecule has 0 aliphatic carbocycles. The van der Waals surface area contributed by atoms with Crippen LogP contribution in [0.2, 0.25) is 0 Å². The minimum Gasteiger partial charge on any atom is -0.494 e. The number of aromatic nitrogens is 1. The van der Waals surface area contributed by atoms with Crippen LogP contribution in [0.25, 0.3) is 0 Å². The van der Waals surface area contributed by atoms with Gasteiger partial charge in [-0.05, 0) is 24.6 Å². The van der Waals surface area contributed by atoms with Gasteiger partial charge in [0, 0.05) is 24.9 Å². The van der Waals surface area contributed by atoms with Crippen molar-refractivity contribution in [3.05, 3.63) is 48.2 Å². The van der Waals surface area contributed by atoms with E-state index in [1.807, 2.05) is 37.3 Å². The summed E-state index contributed by atoms with van der Waals surface area (Å²) in [4.78, 5) is 4.18. The van der Waals surface area contributed by atoms with E-state index in [-0.39, 0.29) is 0 Å². The summed E-state index contributed by atoms with van der Waals surface area (Å²) in [6.07, 6.45) is 1.71. The van der Waals surface area contributed by atoms with E-state index < -0.39 is 0 Å². The van der Waals surface area contributed by atoms with Gasteiger partial charge in [-0.2, -0.15) is 0 Å². The van der Waals surface area contributed by atoms with Gasteiger partial charge in [-0.3, -0.25) is 0 Å². The van der Waals surface area contributed by atoms with Gasteiger partial charge < -0.3 is 15.2 Å². The van der Waals surface area contributed by atoms with Gasteiger partial charge in [0.15, 0.2) is 0 Å². The maximum absolute atomic E-state index is 5.63. The topological polar surface area (TPSA) is 57.4 Å². The lowest BCUT2D eigenvalue weighted by atomic mass is 10.3. The quantitative estimate of drug-likeness (QED) is 0.878. The average Bonchev–Trinajstić information content (AvgIpc) is 2.40. The third kappa shape index (κ3) is 3.21. The van der Waals surface area contributed by atoms with Crippen molar-refractivity contribution in [2.75, 3.05) is 6.61 Å². The van der Waals surface area contributed by atoms with Gasteiger partial charge in [-0.25, -0.2) is 4.98 Å². The van der Waals surface area contributed by atoms with Crippen molar-refractivity contribution < 1.29 is 9.47 Å². The van der Waals surface area contributed by atoms with Crippen molar-refractivity contribution in [3.8, 4) is 17.4 Å². The predicted octanol–water partition coefficient (Wildman–Crippen LogP) is 2.73. The molecular weight excluding hydrogens is 228 g/mol. The maximum Gasteiger partial charge on any atom is 0.219 e. The lowest BCUT2D eigenvalue weighted by molar-refractivity contribution is 0.338. The molecule has 1 aromatic carbocycles. The van der Waals surface area contributed by atoms with Crippen LogP contribution in [0.5, 0.6) is 17.4 Å². The molecule has 0 bridgehead atoms. The number of nitrogens with zero attached hydrogens (tertiary/aromatic N) is 1. The summed E-state index contributed by atoms with van der Waals surface area (Å²) in [5.41, 5.74) is 6.49. The van der Waals surface area contributed by atoms with Gasteiger partial charge in [0.2, 0.25) is 5.88 Å². The van der Waals surface area contributed by atoms with E-state index in [0.29, 0.717) is 24.8 Å². The number of hydrogen-bond acceptors (Lipinski definition) is 4. The fraction of sp³-hybridized carbons (Fsp3) is 0.214. The van der Waals surface area contributed by atoms with Gasteiger partial charge in [0.25, 0.3) is 0 Å². The SMILES string of the molecule is CCOc1cccc(Oc2ccc(CN)cn2)c1. The van der Waals surface area contributed by atoms with Crippen molar-refractivity contribution >= 4 is 0 Å². The highest BCUT2D eigenvalue weighted by Crippen LogP contribution is 2.23. The summed E-state index contributed by atoms with van der Waals surface area (Å²) in [7, 11) is 0. The van der Waals surface area contributed by atoms with E-state index in [1.165, 1.54) is 0 Å². The Morgan fingerprint density at radius 3 is 2.67 bits per heavy atom. The number of ether oxygens (including phenoxy) is 2. The zero-order valence-electron chi connectivity index (χ0n) is 10.3. The van der Waals surface area contributed by atoms with E-state index in [0.717, 1.165) is 11.3 Å². The summed E-state index contributed by atoms with van der Waals surface area (Å²) >= 11 is 0. The van der Waals surface area contributed by atoms with Crippen molar-refractivity contribution in [3.63, 3.8) is 0 Å². The van der Waals surface area contributed by atoms with Crippen molar-refractivity contribution in [1.82, 2.24) is 4.98 Å². The molecule has 0 saturated carbocycles. The Morgan fingerprint density at radius 1 is 1.17 bits per heavy atom. The molecule has 94 valence electrons. The summed E-state index contributed by atoms with van der Waals surface area (Å²) in [5, 5.41) is 0. The molecule has 1 aromatic heterocycles. The highest BCUT2D eigenvalue weighted by Gasteiger charge is 2.00. The minimum absolute atomic E-state index is 0.479. The molecule has 2 rings (SSSR count). The largest absolute Gasteiger partial charge is 0.494 e. The number of benzene rings is 1. The summed E-state index contributed by atoms with van der Waals surface area (Å²) in [6.45, 7) is 3.06. The van der Waals surface area contributed by atoms with Crippen molar-refractivity contribution in [2.24, 2.45) is 5.73 Å². The standard InChI is InChI=1S/C14H16N2O2/c1-2-17-12-4-3-5-13(8-12)18-14-7-6-11(9-15)10-16-14/h3-8,10H,2,9,15H2,1H3. The van der Waals surface area contributed by atoms with E-state index in [9.17, 15) is 0 Å². The van der Waals surface area contributed by atoms with Gasteiger partial charge in [-0.15, -0.1) is 0 Å². The molecule has 0 fully saturated rings. The Bertz CT molecular complexity index is 497. The molecule has 0 amide bonds. The number of rotatable bonds is 5. The first-order valence-corrected chi connectivity index (χ1v) is 5.87. The second kappa shape index (κ2) is 6.02. The van der Waals surface area contributed by atoms with Crippen LogP contribution in [-0.2, 0) is 6.54 Å². The zero-order chi connectivity index (χ0) is 12.8. The second-order valence-electron chi connectivity index (χ2n) is 3.72. The molecule has 0 spiro atoms. The summed E-state index contributed by atoms with van der Waals surface area (Å²) in [6, 6.07) is 11.2. The molecule has 4 nitrogen and oxygen atoms in total. The van der Waals surface area contributed by atoms with Gasteiger partial charge >= 0.3 is 0 Å². The Hall–Kier alpha value is -2.07. The smallest absolute Gasteiger partial charge is 0.219 e. The van der Waals surface area contributed by atoms with Crippen molar-refractivity contribution in [2.45, 2.75) is 13.5 Å². The highest BCUT2D eigenvalue weighted by atomic mass is 16.5. The number of nitrogens with two attached hydrogens (primary N) is 1. The predicted molar refractivity (Wildman–Crippen MR) is 69.8 cm³/mol. The number of pyridine rings is 1. The molecule has 0 atom stereocenters. The van der Waals surface area contributed by atoms with E-state index in [2.05, 4.69) is 4.98 Å². The molecule has 0 saturated heterocycles. The number of hydrogen-bond donors (Lipinski definition) is 1. The first kappa shape index (κ1) is 12.4. The van der Waals surface area contributed by atoms with E-state index in [4.69, 9.17) is 15.2 Å². The fourth-order valence-corrected chi connectivity index (χ4v) is 1.51. The van der Waals surface area contributed by atoms with Gasteiger partial charge in [0.05, 0.1) is 6.61 Å².